The molecule has 0 saturated carbocycles. The minimum absolute atomic E-state index is 0.106. The summed E-state index contributed by atoms with van der Waals surface area (Å²) in [6.45, 7) is 6.27. The predicted octanol–water partition coefficient (Wildman–Crippen LogP) is 4.44. The number of carbonyl (C=O) groups is 1. The van der Waals surface area contributed by atoms with Crippen LogP contribution in [0, 0.1) is 20.8 Å². The van der Waals surface area contributed by atoms with E-state index in [1.165, 1.54) is 0 Å². The zero-order valence-electron chi connectivity index (χ0n) is 14.3. The molecule has 1 amide bonds. The van der Waals surface area contributed by atoms with Gasteiger partial charge < -0.3 is 4.57 Å². The number of hydrazine groups is 1. The van der Waals surface area contributed by atoms with Gasteiger partial charge in [-0.1, -0.05) is 15.9 Å². The third kappa shape index (κ3) is 4.11. The molecule has 0 saturated heterocycles. The summed E-state index contributed by atoms with van der Waals surface area (Å²) in [5.74, 6) is -0.106. The van der Waals surface area contributed by atoms with Gasteiger partial charge in [0.15, 0.2) is 0 Å². The van der Waals surface area contributed by atoms with Crippen LogP contribution in [-0.4, -0.2) is 15.5 Å². The van der Waals surface area contributed by atoms with Crippen LogP contribution in [0.5, 0.6) is 0 Å². The number of thiazole rings is 1. The van der Waals surface area contributed by atoms with E-state index in [1.807, 2.05) is 49.6 Å². The predicted molar refractivity (Wildman–Crippen MR) is 106 cm³/mol. The Bertz CT molecular complexity index is 898. The lowest BCUT2D eigenvalue weighted by Crippen LogP contribution is -2.32. The summed E-state index contributed by atoms with van der Waals surface area (Å²) in [6, 6.07) is 9.69. The Hall–Kier alpha value is -2.12. The lowest BCUT2D eigenvalue weighted by Gasteiger charge is -2.12. The van der Waals surface area contributed by atoms with E-state index in [4.69, 9.17) is 0 Å². The van der Waals surface area contributed by atoms with Crippen LogP contribution in [-0.2, 0) is 11.3 Å². The Balaban J connectivity index is 1.69. The van der Waals surface area contributed by atoms with Gasteiger partial charge in [-0.2, -0.15) is 0 Å². The molecule has 0 aliphatic rings. The quantitative estimate of drug-likeness (QED) is 0.601. The molecule has 0 spiro atoms. The van der Waals surface area contributed by atoms with E-state index in [0.29, 0.717) is 0 Å². The second-order valence-electron chi connectivity index (χ2n) is 5.80. The first-order valence-corrected chi connectivity index (χ1v) is 9.51. The van der Waals surface area contributed by atoms with Gasteiger partial charge >= 0.3 is 0 Å². The van der Waals surface area contributed by atoms with Crippen LogP contribution in [0.25, 0.3) is 11.3 Å². The topological polar surface area (TPSA) is 59.0 Å². The van der Waals surface area contributed by atoms with Crippen LogP contribution < -0.4 is 10.9 Å². The zero-order valence-corrected chi connectivity index (χ0v) is 16.7. The molecule has 2 N–H and O–H groups in total. The Morgan fingerprint density at radius 1 is 1.24 bits per heavy atom. The highest BCUT2D eigenvalue weighted by atomic mass is 79.9. The number of aryl methyl sites for hydroxylation is 2. The zero-order chi connectivity index (χ0) is 18.0. The fourth-order valence-corrected chi connectivity index (χ4v) is 3.53. The van der Waals surface area contributed by atoms with Crippen molar-refractivity contribution in [2.45, 2.75) is 27.3 Å². The van der Waals surface area contributed by atoms with Crippen LogP contribution in [0.4, 0.5) is 5.69 Å². The number of carbonyl (C=O) groups excluding carboxylic acids is 1. The number of aromatic nitrogens is 2. The molecule has 3 rings (SSSR count). The first kappa shape index (κ1) is 17.7. The van der Waals surface area contributed by atoms with Crippen LogP contribution in [0.3, 0.4) is 0 Å². The van der Waals surface area contributed by atoms with Crippen molar-refractivity contribution >= 4 is 38.9 Å². The van der Waals surface area contributed by atoms with Crippen molar-refractivity contribution < 1.29 is 4.79 Å². The van der Waals surface area contributed by atoms with Crippen molar-refractivity contribution in [1.29, 1.82) is 0 Å². The van der Waals surface area contributed by atoms with E-state index in [1.54, 1.807) is 11.3 Å². The summed E-state index contributed by atoms with van der Waals surface area (Å²) in [4.78, 5) is 16.8. The number of benzene rings is 1. The largest absolute Gasteiger partial charge is 0.339 e. The van der Waals surface area contributed by atoms with E-state index < -0.39 is 0 Å². The molecule has 2 aromatic heterocycles. The fraction of sp³-hybridized carbons (Fsp3) is 0.222. The molecule has 0 aliphatic carbocycles. The smallest absolute Gasteiger partial charge is 0.258 e. The average Bonchev–Trinajstić information content (AvgIpc) is 3.12. The lowest BCUT2D eigenvalue weighted by molar-refractivity contribution is -0.121. The van der Waals surface area contributed by atoms with Crippen molar-refractivity contribution in [3.63, 3.8) is 0 Å². The number of amides is 1. The van der Waals surface area contributed by atoms with Gasteiger partial charge in [0.1, 0.15) is 6.54 Å². The maximum absolute atomic E-state index is 12.3. The third-order valence-corrected chi connectivity index (χ3v) is 5.26. The summed E-state index contributed by atoms with van der Waals surface area (Å²) >= 11 is 5.02. The first-order valence-electron chi connectivity index (χ1n) is 7.83. The molecule has 25 heavy (non-hydrogen) atoms. The highest BCUT2D eigenvalue weighted by Crippen LogP contribution is 2.27. The van der Waals surface area contributed by atoms with Gasteiger partial charge in [0, 0.05) is 26.8 Å². The second kappa shape index (κ2) is 7.41. The Labute approximate surface area is 159 Å². The Morgan fingerprint density at radius 2 is 1.96 bits per heavy atom. The van der Waals surface area contributed by atoms with Gasteiger partial charge in [-0.25, -0.2) is 4.98 Å². The molecule has 0 radical (unpaired) electrons. The molecule has 7 heteroatoms. The molecule has 2 heterocycles. The van der Waals surface area contributed by atoms with Crippen LogP contribution in [0.2, 0.25) is 0 Å². The third-order valence-electron chi connectivity index (χ3n) is 3.96. The maximum Gasteiger partial charge on any atom is 0.258 e. The average molecular weight is 419 g/mol. The number of halogens is 1. The number of hydrogen-bond donors (Lipinski definition) is 2. The monoisotopic (exact) mass is 418 g/mol. The summed E-state index contributed by atoms with van der Waals surface area (Å²) < 4.78 is 3.00. The molecule has 1 aromatic carbocycles. The Morgan fingerprint density at radius 3 is 2.60 bits per heavy atom. The van der Waals surface area contributed by atoms with E-state index in [2.05, 4.69) is 43.2 Å². The molecule has 3 aromatic rings. The standard InChI is InChI=1S/C18H19BrN4OS/c1-11-8-16(17-10-25-13(3)20-17)12(2)23(11)9-18(24)22-21-15-6-4-14(19)5-7-15/h4-8,10,21H,9H2,1-3H3,(H,22,24). The number of hydrogen-bond acceptors (Lipinski definition) is 4. The highest BCUT2D eigenvalue weighted by Gasteiger charge is 2.15. The van der Waals surface area contributed by atoms with Crippen molar-refractivity contribution in [2.75, 3.05) is 5.43 Å². The molecule has 0 bridgehead atoms. The number of nitrogens with zero attached hydrogens (tertiary/aromatic N) is 2. The summed E-state index contributed by atoms with van der Waals surface area (Å²) in [5, 5.41) is 3.09. The molecule has 130 valence electrons. The minimum atomic E-state index is -0.106. The second-order valence-corrected chi connectivity index (χ2v) is 7.78. The number of rotatable bonds is 5. The lowest BCUT2D eigenvalue weighted by atomic mass is 10.2. The minimum Gasteiger partial charge on any atom is -0.339 e. The van der Waals surface area contributed by atoms with Crippen LogP contribution in [0.15, 0.2) is 40.2 Å². The molecule has 5 nitrogen and oxygen atoms in total. The van der Waals surface area contributed by atoms with Gasteiger partial charge in [0.05, 0.1) is 16.4 Å². The van der Waals surface area contributed by atoms with Gasteiger partial charge in [-0.05, 0) is 51.1 Å². The molecule has 0 fully saturated rings. The first-order chi connectivity index (χ1) is 11.9. The van der Waals surface area contributed by atoms with Crippen molar-refractivity contribution in [3.05, 3.63) is 56.6 Å². The van der Waals surface area contributed by atoms with Gasteiger partial charge in [-0.15, -0.1) is 11.3 Å². The SMILES string of the molecule is Cc1nc(-c2cc(C)n(CC(=O)NNc3ccc(Br)cc3)c2C)cs1. The van der Waals surface area contributed by atoms with E-state index in [0.717, 1.165) is 37.8 Å². The van der Waals surface area contributed by atoms with Crippen molar-refractivity contribution in [3.8, 4) is 11.3 Å². The van der Waals surface area contributed by atoms with Crippen LogP contribution in [0.1, 0.15) is 16.4 Å². The van der Waals surface area contributed by atoms with Crippen molar-refractivity contribution in [2.24, 2.45) is 0 Å². The van der Waals surface area contributed by atoms with E-state index >= 15 is 0 Å². The van der Waals surface area contributed by atoms with Gasteiger partial charge in [0.2, 0.25) is 0 Å². The molecule has 0 atom stereocenters. The molecular weight excluding hydrogens is 400 g/mol. The summed E-state index contributed by atoms with van der Waals surface area (Å²) in [6.07, 6.45) is 0. The number of anilines is 1. The summed E-state index contributed by atoms with van der Waals surface area (Å²) in [5.41, 5.74) is 10.6. The highest BCUT2D eigenvalue weighted by molar-refractivity contribution is 9.10. The van der Waals surface area contributed by atoms with Gasteiger partial charge in [-0.3, -0.25) is 15.6 Å². The van der Waals surface area contributed by atoms with E-state index in [-0.39, 0.29) is 12.5 Å². The van der Waals surface area contributed by atoms with E-state index in [9.17, 15) is 4.79 Å². The Kier molecular flexibility index (Phi) is 5.24. The van der Waals surface area contributed by atoms with Gasteiger partial charge in [0.25, 0.3) is 5.91 Å². The molecule has 0 unspecified atom stereocenters. The van der Waals surface area contributed by atoms with Crippen molar-refractivity contribution in [1.82, 2.24) is 15.0 Å². The maximum atomic E-state index is 12.3. The molecule has 0 aliphatic heterocycles. The summed E-state index contributed by atoms with van der Waals surface area (Å²) in [7, 11) is 0. The fourth-order valence-electron chi connectivity index (χ4n) is 2.65. The van der Waals surface area contributed by atoms with Crippen LogP contribution >= 0.6 is 27.3 Å². The number of nitrogens with one attached hydrogen (secondary N) is 2. The normalized spacial score (nSPS) is 10.7. The molecular formula is C18H19BrN4OS.